The Morgan fingerprint density at radius 1 is 1.28 bits per heavy atom. The molecule has 18 heavy (non-hydrogen) atoms. The maximum Gasteiger partial charge on any atom is 0.416 e. The Bertz CT molecular complexity index is 401. The van der Waals surface area contributed by atoms with Crippen molar-refractivity contribution in [1.29, 1.82) is 0 Å². The van der Waals surface area contributed by atoms with E-state index in [2.05, 4.69) is 10.6 Å². The smallest absolute Gasteiger partial charge is 0.348 e. The Kier molecular flexibility index (Phi) is 4.72. The van der Waals surface area contributed by atoms with Gasteiger partial charge < -0.3 is 10.6 Å². The zero-order chi connectivity index (χ0) is 13.8. The first-order valence-corrected chi connectivity index (χ1v) is 5.45. The van der Waals surface area contributed by atoms with Gasteiger partial charge in [-0.3, -0.25) is 4.79 Å². The lowest BCUT2D eigenvalue weighted by atomic mass is 10.1. The van der Waals surface area contributed by atoms with Crippen LogP contribution in [0, 0.1) is 0 Å². The first-order valence-electron chi connectivity index (χ1n) is 5.45. The standard InChI is InChI=1S/C12H15F3N2O/c1-8(17-11(18)7-16-2)9-3-5-10(6-4-9)12(13,14)15/h3-6,8,16H,7H2,1-2H3,(H,17,18). The topological polar surface area (TPSA) is 41.1 Å². The van der Waals surface area contributed by atoms with E-state index >= 15 is 0 Å². The number of benzene rings is 1. The predicted octanol–water partition coefficient (Wildman–Crippen LogP) is 2.10. The summed E-state index contributed by atoms with van der Waals surface area (Å²) in [4.78, 5) is 11.3. The number of hydrogen-bond donors (Lipinski definition) is 2. The summed E-state index contributed by atoms with van der Waals surface area (Å²) in [7, 11) is 1.64. The molecule has 1 amide bonds. The molecule has 0 saturated carbocycles. The van der Waals surface area contributed by atoms with Gasteiger partial charge in [-0.05, 0) is 31.7 Å². The van der Waals surface area contributed by atoms with Crippen LogP contribution in [0.3, 0.4) is 0 Å². The maximum absolute atomic E-state index is 12.4. The largest absolute Gasteiger partial charge is 0.416 e. The van der Waals surface area contributed by atoms with Crippen molar-refractivity contribution in [3.63, 3.8) is 0 Å². The second kappa shape index (κ2) is 5.86. The average Bonchev–Trinajstić information content (AvgIpc) is 2.28. The van der Waals surface area contributed by atoms with E-state index in [0.29, 0.717) is 5.56 Å². The summed E-state index contributed by atoms with van der Waals surface area (Å²) in [5.74, 6) is -0.204. The molecule has 0 saturated heterocycles. The molecule has 0 aliphatic carbocycles. The number of carbonyl (C=O) groups is 1. The van der Waals surface area contributed by atoms with Crippen LogP contribution in [-0.4, -0.2) is 19.5 Å². The van der Waals surface area contributed by atoms with Crippen LogP contribution in [-0.2, 0) is 11.0 Å². The van der Waals surface area contributed by atoms with E-state index in [0.717, 1.165) is 12.1 Å². The van der Waals surface area contributed by atoms with Crippen LogP contribution in [0.15, 0.2) is 24.3 Å². The van der Waals surface area contributed by atoms with Gasteiger partial charge in [0.15, 0.2) is 0 Å². The molecule has 1 unspecified atom stereocenters. The Labute approximate surface area is 103 Å². The van der Waals surface area contributed by atoms with E-state index in [9.17, 15) is 18.0 Å². The van der Waals surface area contributed by atoms with Crippen molar-refractivity contribution in [2.45, 2.75) is 19.1 Å². The van der Waals surface area contributed by atoms with E-state index in [-0.39, 0.29) is 18.5 Å². The summed E-state index contributed by atoms with van der Waals surface area (Å²) in [6, 6.07) is 4.43. The third-order valence-electron chi connectivity index (χ3n) is 2.45. The summed E-state index contributed by atoms with van der Waals surface area (Å²) in [5.41, 5.74) is -0.0625. The molecule has 0 aromatic heterocycles. The average molecular weight is 260 g/mol. The normalized spacial score (nSPS) is 13.2. The molecule has 1 rings (SSSR count). The number of hydrogen-bond acceptors (Lipinski definition) is 2. The van der Waals surface area contributed by atoms with Gasteiger partial charge in [-0.1, -0.05) is 12.1 Å². The SMILES string of the molecule is CNCC(=O)NC(C)c1ccc(C(F)(F)F)cc1. The van der Waals surface area contributed by atoms with Crippen molar-refractivity contribution in [3.8, 4) is 0 Å². The minimum Gasteiger partial charge on any atom is -0.348 e. The number of alkyl halides is 3. The van der Waals surface area contributed by atoms with E-state index < -0.39 is 11.7 Å². The molecule has 1 aromatic rings. The number of halogens is 3. The van der Waals surface area contributed by atoms with Crippen LogP contribution in [0.1, 0.15) is 24.1 Å². The molecular formula is C12H15F3N2O. The molecule has 6 heteroatoms. The molecule has 0 spiro atoms. The van der Waals surface area contributed by atoms with Crippen molar-refractivity contribution in [1.82, 2.24) is 10.6 Å². The Hall–Kier alpha value is -1.56. The van der Waals surface area contributed by atoms with Crippen molar-refractivity contribution in [2.24, 2.45) is 0 Å². The highest BCUT2D eigenvalue weighted by molar-refractivity contribution is 5.78. The van der Waals surface area contributed by atoms with E-state index in [1.165, 1.54) is 12.1 Å². The highest BCUT2D eigenvalue weighted by Gasteiger charge is 2.30. The monoisotopic (exact) mass is 260 g/mol. The minimum atomic E-state index is -4.34. The highest BCUT2D eigenvalue weighted by atomic mass is 19.4. The lowest BCUT2D eigenvalue weighted by Crippen LogP contribution is -2.33. The number of amides is 1. The van der Waals surface area contributed by atoms with Gasteiger partial charge >= 0.3 is 6.18 Å². The van der Waals surface area contributed by atoms with Crippen molar-refractivity contribution < 1.29 is 18.0 Å². The van der Waals surface area contributed by atoms with Crippen LogP contribution in [0.5, 0.6) is 0 Å². The second-order valence-electron chi connectivity index (χ2n) is 3.94. The van der Waals surface area contributed by atoms with Gasteiger partial charge in [0.25, 0.3) is 0 Å². The molecule has 100 valence electrons. The number of carbonyl (C=O) groups excluding carboxylic acids is 1. The molecule has 0 radical (unpaired) electrons. The summed E-state index contributed by atoms with van der Waals surface area (Å²) in [6.45, 7) is 1.89. The van der Waals surface area contributed by atoms with Gasteiger partial charge in [0.05, 0.1) is 18.2 Å². The van der Waals surface area contributed by atoms with Gasteiger partial charge in [0, 0.05) is 0 Å². The molecule has 2 N–H and O–H groups in total. The van der Waals surface area contributed by atoms with Crippen LogP contribution in [0.4, 0.5) is 13.2 Å². The first-order chi connectivity index (χ1) is 8.34. The van der Waals surface area contributed by atoms with Gasteiger partial charge in [-0.2, -0.15) is 13.2 Å². The van der Waals surface area contributed by atoms with Crippen molar-refractivity contribution in [2.75, 3.05) is 13.6 Å². The predicted molar refractivity (Wildman–Crippen MR) is 61.9 cm³/mol. The summed E-state index contributed by atoms with van der Waals surface area (Å²) >= 11 is 0. The Balaban J connectivity index is 2.70. The fourth-order valence-corrected chi connectivity index (χ4v) is 1.50. The lowest BCUT2D eigenvalue weighted by molar-refractivity contribution is -0.137. The van der Waals surface area contributed by atoms with Gasteiger partial charge in [-0.15, -0.1) is 0 Å². The molecule has 0 aliphatic rings. The number of nitrogens with one attached hydrogen (secondary N) is 2. The second-order valence-corrected chi connectivity index (χ2v) is 3.94. The van der Waals surface area contributed by atoms with Crippen LogP contribution >= 0.6 is 0 Å². The summed E-state index contributed by atoms with van der Waals surface area (Å²) < 4.78 is 37.1. The van der Waals surface area contributed by atoms with Crippen LogP contribution < -0.4 is 10.6 Å². The highest BCUT2D eigenvalue weighted by Crippen LogP contribution is 2.29. The molecule has 1 aromatic carbocycles. The first kappa shape index (κ1) is 14.5. The summed E-state index contributed by atoms with van der Waals surface area (Å²) in [6.07, 6.45) is -4.34. The lowest BCUT2D eigenvalue weighted by Gasteiger charge is -2.15. The van der Waals surface area contributed by atoms with Crippen molar-refractivity contribution in [3.05, 3.63) is 35.4 Å². The molecule has 0 aliphatic heterocycles. The Morgan fingerprint density at radius 2 is 1.83 bits per heavy atom. The van der Waals surface area contributed by atoms with Gasteiger partial charge in [0.2, 0.25) is 5.91 Å². The van der Waals surface area contributed by atoms with E-state index in [1.807, 2.05) is 0 Å². The molecule has 0 bridgehead atoms. The number of likely N-dealkylation sites (N-methyl/N-ethyl adjacent to an activating group) is 1. The molecule has 0 fully saturated rings. The van der Waals surface area contributed by atoms with Gasteiger partial charge in [0.1, 0.15) is 0 Å². The van der Waals surface area contributed by atoms with E-state index in [4.69, 9.17) is 0 Å². The number of rotatable bonds is 4. The minimum absolute atomic E-state index is 0.172. The third kappa shape index (κ3) is 4.03. The summed E-state index contributed by atoms with van der Waals surface area (Å²) in [5, 5.41) is 5.37. The maximum atomic E-state index is 12.4. The molecular weight excluding hydrogens is 245 g/mol. The molecule has 1 atom stereocenters. The van der Waals surface area contributed by atoms with Crippen LogP contribution in [0.25, 0.3) is 0 Å². The fourth-order valence-electron chi connectivity index (χ4n) is 1.50. The quantitative estimate of drug-likeness (QED) is 0.870. The zero-order valence-electron chi connectivity index (χ0n) is 10.1. The zero-order valence-corrected chi connectivity index (χ0v) is 10.1. The van der Waals surface area contributed by atoms with Gasteiger partial charge in [-0.25, -0.2) is 0 Å². The molecule has 3 nitrogen and oxygen atoms in total. The van der Waals surface area contributed by atoms with E-state index in [1.54, 1.807) is 14.0 Å². The Morgan fingerprint density at radius 3 is 2.28 bits per heavy atom. The fraction of sp³-hybridized carbons (Fsp3) is 0.417. The third-order valence-corrected chi connectivity index (χ3v) is 2.45. The van der Waals surface area contributed by atoms with Crippen LogP contribution in [0.2, 0.25) is 0 Å². The van der Waals surface area contributed by atoms with Crippen molar-refractivity contribution >= 4 is 5.91 Å². The molecule has 0 heterocycles.